The summed E-state index contributed by atoms with van der Waals surface area (Å²) in [6, 6.07) is 0. The van der Waals surface area contributed by atoms with Crippen molar-refractivity contribution in [2.45, 2.75) is 24.9 Å². The zero-order valence-electron chi connectivity index (χ0n) is 9.99. The molecule has 19 heavy (non-hydrogen) atoms. The van der Waals surface area contributed by atoms with Gasteiger partial charge in [0.15, 0.2) is 11.6 Å². The molecule has 2 rings (SSSR count). The molecule has 0 saturated carbocycles. The van der Waals surface area contributed by atoms with Crippen molar-refractivity contribution in [2.24, 2.45) is 5.73 Å². The zero-order chi connectivity index (χ0) is 14.0. The molecule has 0 aromatic carbocycles. The summed E-state index contributed by atoms with van der Waals surface area (Å²) in [4.78, 5) is 15.2. The van der Waals surface area contributed by atoms with Crippen LogP contribution in [0.25, 0.3) is 0 Å². The van der Waals surface area contributed by atoms with E-state index < -0.39 is 29.9 Å². The monoisotopic (exact) mass is 274 g/mol. The van der Waals surface area contributed by atoms with Gasteiger partial charge in [-0.05, 0) is 0 Å². The predicted octanol–water partition coefficient (Wildman–Crippen LogP) is -1.65. The first kappa shape index (κ1) is 13.9. The molecule has 1 saturated heterocycles. The van der Waals surface area contributed by atoms with Crippen molar-refractivity contribution < 1.29 is 19.3 Å². The van der Waals surface area contributed by atoms with Gasteiger partial charge in [-0.2, -0.15) is 4.98 Å². The van der Waals surface area contributed by atoms with Gasteiger partial charge in [0.05, 0.1) is 25.6 Å². The summed E-state index contributed by atoms with van der Waals surface area (Å²) in [7, 11) is 0. The Morgan fingerprint density at radius 1 is 1.68 bits per heavy atom. The molecule has 1 fully saturated rings. The average Bonchev–Trinajstić information content (AvgIpc) is 2.75. The molecule has 3 atom stereocenters. The largest absolute Gasteiger partial charge is 0.394 e. The Labute approximate surface area is 107 Å². The maximum Gasteiger partial charge on any atom is 0.351 e. The van der Waals surface area contributed by atoms with Gasteiger partial charge < -0.3 is 26.0 Å². The molecule has 2 heterocycles. The fraction of sp³-hybridized carbons (Fsp3) is 0.600. The van der Waals surface area contributed by atoms with E-state index in [0.717, 1.165) is 10.8 Å². The van der Waals surface area contributed by atoms with Crippen molar-refractivity contribution in [1.29, 1.82) is 0 Å². The van der Waals surface area contributed by atoms with E-state index in [9.17, 15) is 14.3 Å². The minimum atomic E-state index is -0.910. The maximum absolute atomic E-state index is 13.6. The zero-order valence-corrected chi connectivity index (χ0v) is 9.99. The van der Waals surface area contributed by atoms with Gasteiger partial charge in [0.2, 0.25) is 0 Å². The second kappa shape index (κ2) is 5.61. The van der Waals surface area contributed by atoms with Crippen LogP contribution in [0.15, 0.2) is 11.0 Å². The molecule has 1 aliphatic heterocycles. The molecule has 0 amide bonds. The number of halogens is 1. The molecule has 0 radical (unpaired) electrons. The van der Waals surface area contributed by atoms with Crippen LogP contribution in [-0.4, -0.2) is 45.2 Å². The van der Waals surface area contributed by atoms with Crippen LogP contribution in [0.1, 0.15) is 12.6 Å². The van der Waals surface area contributed by atoms with Crippen LogP contribution in [-0.2, 0) is 4.74 Å². The van der Waals surface area contributed by atoms with E-state index >= 15 is 0 Å². The number of aliphatic hydroxyl groups is 2. The predicted molar refractivity (Wildman–Crippen MR) is 62.8 cm³/mol. The smallest absolute Gasteiger partial charge is 0.351 e. The first-order valence-electron chi connectivity index (χ1n) is 5.73. The van der Waals surface area contributed by atoms with Crippen molar-refractivity contribution in [1.82, 2.24) is 9.55 Å². The van der Waals surface area contributed by atoms with Gasteiger partial charge in [0.1, 0.15) is 12.3 Å². The van der Waals surface area contributed by atoms with Crippen molar-refractivity contribution in [3.05, 3.63) is 22.5 Å². The minimum Gasteiger partial charge on any atom is -0.394 e. The molecule has 5 N–H and O–H groups in total. The molecule has 106 valence electrons. The molecule has 0 spiro atoms. The quantitative estimate of drug-likeness (QED) is 0.485. The number of aromatic nitrogens is 2. The average molecular weight is 274 g/mol. The number of aliphatic hydroxyl groups excluding tert-OH is 2. The maximum atomic E-state index is 13.6. The van der Waals surface area contributed by atoms with Crippen molar-refractivity contribution in [3.63, 3.8) is 0 Å². The molecule has 8 nitrogen and oxygen atoms in total. The summed E-state index contributed by atoms with van der Waals surface area (Å²) in [6.45, 7) is -0.437. The fourth-order valence-corrected chi connectivity index (χ4v) is 1.92. The molecule has 0 aliphatic carbocycles. The lowest BCUT2D eigenvalue weighted by molar-refractivity contribution is -0.0461. The number of anilines is 1. The molecule has 1 aliphatic rings. The molecule has 0 bridgehead atoms. The summed E-state index contributed by atoms with van der Waals surface area (Å²) in [5.74, 6) is -0.989. The lowest BCUT2D eigenvalue weighted by Crippen LogP contribution is -2.29. The third-order valence-electron chi connectivity index (χ3n) is 2.87. The van der Waals surface area contributed by atoms with E-state index in [2.05, 4.69) is 10.3 Å². The number of hydrogen-bond donors (Lipinski definition) is 4. The summed E-state index contributed by atoms with van der Waals surface area (Å²) < 4.78 is 19.8. The van der Waals surface area contributed by atoms with E-state index in [1.165, 1.54) is 0 Å². The van der Waals surface area contributed by atoms with Crippen molar-refractivity contribution in [3.8, 4) is 0 Å². The highest BCUT2D eigenvalue weighted by Gasteiger charge is 2.35. The Balaban J connectivity index is 2.27. The molecular formula is C10H15FN4O4. The normalized spacial score (nSPS) is 26.6. The topological polar surface area (TPSA) is 123 Å². The Kier molecular flexibility index (Phi) is 4.10. The number of nitrogens with one attached hydrogen (secondary N) is 1. The molecule has 1 aromatic heterocycles. The highest BCUT2D eigenvalue weighted by molar-refractivity contribution is 5.33. The van der Waals surface area contributed by atoms with E-state index in [-0.39, 0.29) is 25.5 Å². The van der Waals surface area contributed by atoms with Crippen molar-refractivity contribution >= 4 is 5.82 Å². The molecule has 1 aromatic rings. The number of rotatable bonds is 4. The second-order valence-corrected chi connectivity index (χ2v) is 4.12. The van der Waals surface area contributed by atoms with Gasteiger partial charge in [0, 0.05) is 6.42 Å². The lowest BCUT2D eigenvalue weighted by atomic mass is 10.2. The van der Waals surface area contributed by atoms with Gasteiger partial charge in [-0.25, -0.2) is 9.18 Å². The molecule has 9 heteroatoms. The number of nitrogens with zero attached hydrogens (tertiary/aromatic N) is 2. The first-order valence-corrected chi connectivity index (χ1v) is 5.73. The van der Waals surface area contributed by atoms with Crippen LogP contribution in [0, 0.1) is 5.82 Å². The SMILES string of the molecule is NCNc1nc(=O)n([C@H]2C[C@H](O)[C@@H](CO)O2)cc1F. The summed E-state index contributed by atoms with van der Waals surface area (Å²) in [5, 5.41) is 20.9. The van der Waals surface area contributed by atoms with E-state index in [1.54, 1.807) is 0 Å². The third kappa shape index (κ3) is 2.73. The van der Waals surface area contributed by atoms with Crippen LogP contribution in [0.3, 0.4) is 0 Å². The molecule has 0 unspecified atom stereocenters. The van der Waals surface area contributed by atoms with E-state index in [0.29, 0.717) is 0 Å². The Morgan fingerprint density at radius 2 is 2.42 bits per heavy atom. The van der Waals surface area contributed by atoms with Crippen LogP contribution < -0.4 is 16.7 Å². The minimum absolute atomic E-state index is 0.0569. The van der Waals surface area contributed by atoms with Crippen LogP contribution in [0.5, 0.6) is 0 Å². The van der Waals surface area contributed by atoms with Gasteiger partial charge in [0.25, 0.3) is 0 Å². The number of nitrogens with two attached hydrogens (primary N) is 1. The van der Waals surface area contributed by atoms with Crippen LogP contribution in [0.4, 0.5) is 10.2 Å². The number of hydrogen-bond acceptors (Lipinski definition) is 7. The fourth-order valence-electron chi connectivity index (χ4n) is 1.92. The lowest BCUT2D eigenvalue weighted by Gasteiger charge is -2.15. The van der Waals surface area contributed by atoms with Crippen molar-refractivity contribution in [2.75, 3.05) is 18.6 Å². The van der Waals surface area contributed by atoms with E-state index in [1.807, 2.05) is 0 Å². The standard InChI is InChI=1S/C10H15FN4O4/c11-5-2-15(10(18)14-9(5)13-4-12)8-1-6(17)7(3-16)19-8/h2,6-8,16-17H,1,3-4,12H2,(H,13,14,18)/t6-,7+,8+/m0/s1. The van der Waals surface area contributed by atoms with Gasteiger partial charge in [-0.1, -0.05) is 0 Å². The summed E-state index contributed by atoms with van der Waals surface area (Å²) in [6.07, 6.45) is -1.54. The molecular weight excluding hydrogens is 259 g/mol. The Hall–Kier alpha value is -1.55. The van der Waals surface area contributed by atoms with Gasteiger partial charge >= 0.3 is 5.69 Å². The van der Waals surface area contributed by atoms with E-state index in [4.69, 9.17) is 15.6 Å². The van der Waals surface area contributed by atoms with Gasteiger partial charge in [-0.15, -0.1) is 0 Å². The summed E-state index contributed by atoms with van der Waals surface area (Å²) in [5.41, 5.74) is 4.45. The number of ether oxygens (including phenoxy) is 1. The Morgan fingerprint density at radius 3 is 3.00 bits per heavy atom. The van der Waals surface area contributed by atoms with Crippen LogP contribution >= 0.6 is 0 Å². The highest BCUT2D eigenvalue weighted by atomic mass is 19.1. The van der Waals surface area contributed by atoms with Crippen LogP contribution in [0.2, 0.25) is 0 Å². The first-order chi connectivity index (χ1) is 9.06. The summed E-state index contributed by atoms with van der Waals surface area (Å²) >= 11 is 0. The Bertz CT molecular complexity index is 509. The second-order valence-electron chi connectivity index (χ2n) is 4.12. The highest BCUT2D eigenvalue weighted by Crippen LogP contribution is 2.27. The van der Waals surface area contributed by atoms with Gasteiger partial charge in [-0.3, -0.25) is 4.57 Å². The third-order valence-corrected chi connectivity index (χ3v) is 2.87.